The van der Waals surface area contributed by atoms with Crippen LogP contribution in [-0.4, -0.2) is 31.2 Å². The molecule has 116 valence electrons. The largest absolute Gasteiger partial charge is 0.383 e. The number of carbonyl (C=O) groups is 1. The Morgan fingerprint density at radius 1 is 1.27 bits per heavy atom. The number of nitrogens with zero attached hydrogens (tertiary/aromatic N) is 1. The average molecular weight is 319 g/mol. The van der Waals surface area contributed by atoms with E-state index in [9.17, 15) is 4.79 Å². The van der Waals surface area contributed by atoms with Gasteiger partial charge in [-0.15, -0.1) is 0 Å². The summed E-state index contributed by atoms with van der Waals surface area (Å²) in [6, 6.07) is 13.1. The van der Waals surface area contributed by atoms with Gasteiger partial charge in [0.25, 0.3) is 0 Å². The van der Waals surface area contributed by atoms with Crippen molar-refractivity contribution in [2.75, 3.05) is 20.3 Å². The molecule has 1 amide bonds. The van der Waals surface area contributed by atoms with Crippen molar-refractivity contribution in [3.05, 3.63) is 64.9 Å². The number of aromatic nitrogens is 1. The maximum atomic E-state index is 12.5. The number of carbonyl (C=O) groups excluding carboxylic acids is 1. The van der Waals surface area contributed by atoms with Gasteiger partial charge in [0.2, 0.25) is 5.91 Å². The van der Waals surface area contributed by atoms with Crippen LogP contribution in [-0.2, 0) is 16.0 Å². The summed E-state index contributed by atoms with van der Waals surface area (Å²) >= 11 is 5.93. The molecule has 22 heavy (non-hydrogen) atoms. The Morgan fingerprint density at radius 2 is 2.05 bits per heavy atom. The van der Waals surface area contributed by atoms with Gasteiger partial charge in [0.1, 0.15) is 0 Å². The number of amides is 1. The molecule has 1 aromatic carbocycles. The first-order valence-electron chi connectivity index (χ1n) is 7.12. The van der Waals surface area contributed by atoms with E-state index >= 15 is 0 Å². The number of pyridine rings is 1. The monoisotopic (exact) mass is 318 g/mol. The molecule has 0 bridgehead atoms. The minimum Gasteiger partial charge on any atom is -0.383 e. The molecule has 0 radical (unpaired) electrons. The predicted octanol–water partition coefficient (Wildman–Crippen LogP) is 2.82. The van der Waals surface area contributed by atoms with Gasteiger partial charge in [0.05, 0.1) is 12.5 Å². The molecule has 1 unspecified atom stereocenters. The summed E-state index contributed by atoms with van der Waals surface area (Å²) in [6.45, 7) is 0.976. The van der Waals surface area contributed by atoms with Crippen LogP contribution in [0.15, 0.2) is 48.7 Å². The summed E-state index contributed by atoms with van der Waals surface area (Å²) < 4.78 is 4.97. The number of rotatable bonds is 7. The van der Waals surface area contributed by atoms with E-state index in [1.807, 2.05) is 30.3 Å². The lowest BCUT2D eigenvalue weighted by molar-refractivity contribution is -0.122. The highest BCUT2D eigenvalue weighted by Gasteiger charge is 2.21. The predicted molar refractivity (Wildman–Crippen MR) is 87.0 cm³/mol. The summed E-state index contributed by atoms with van der Waals surface area (Å²) in [4.78, 5) is 16.8. The van der Waals surface area contributed by atoms with Crippen LogP contribution in [0.5, 0.6) is 0 Å². The maximum Gasteiger partial charge on any atom is 0.228 e. The quantitative estimate of drug-likeness (QED) is 0.799. The zero-order chi connectivity index (χ0) is 15.8. The third-order valence-corrected chi connectivity index (χ3v) is 3.59. The van der Waals surface area contributed by atoms with E-state index in [-0.39, 0.29) is 11.8 Å². The third-order valence-electron chi connectivity index (χ3n) is 3.33. The molecule has 1 aromatic heterocycles. The van der Waals surface area contributed by atoms with Crippen molar-refractivity contribution < 1.29 is 9.53 Å². The number of hydrogen-bond donors (Lipinski definition) is 1. The van der Waals surface area contributed by atoms with E-state index in [0.717, 1.165) is 11.3 Å². The molecule has 2 aromatic rings. The van der Waals surface area contributed by atoms with Crippen LogP contribution in [0.2, 0.25) is 5.02 Å². The van der Waals surface area contributed by atoms with Crippen molar-refractivity contribution in [2.45, 2.75) is 12.3 Å². The molecule has 0 fully saturated rings. The number of halogens is 1. The molecular weight excluding hydrogens is 300 g/mol. The Labute approximate surface area is 135 Å². The third kappa shape index (κ3) is 4.83. The van der Waals surface area contributed by atoms with Crippen molar-refractivity contribution in [3.63, 3.8) is 0 Å². The highest BCUT2D eigenvalue weighted by atomic mass is 35.5. The van der Waals surface area contributed by atoms with Gasteiger partial charge in [-0.3, -0.25) is 9.78 Å². The molecule has 0 aliphatic rings. The van der Waals surface area contributed by atoms with Gasteiger partial charge >= 0.3 is 0 Å². The fraction of sp³-hybridized carbons (Fsp3) is 0.294. The summed E-state index contributed by atoms with van der Waals surface area (Å²) in [7, 11) is 1.61. The Balaban J connectivity index is 2.16. The van der Waals surface area contributed by atoms with E-state index in [1.54, 1.807) is 25.4 Å². The lowest BCUT2D eigenvalue weighted by Gasteiger charge is -2.17. The summed E-state index contributed by atoms with van der Waals surface area (Å²) in [5.74, 6) is -0.339. The van der Waals surface area contributed by atoms with Gasteiger partial charge in [-0.05, 0) is 29.8 Å². The average Bonchev–Trinajstić information content (AvgIpc) is 2.55. The van der Waals surface area contributed by atoms with Crippen LogP contribution < -0.4 is 5.32 Å². The van der Waals surface area contributed by atoms with Crippen molar-refractivity contribution in [2.24, 2.45) is 0 Å². The maximum absolute atomic E-state index is 12.5. The number of nitrogens with one attached hydrogen (secondary N) is 1. The molecule has 0 saturated heterocycles. The Kier molecular flexibility index (Phi) is 6.37. The Morgan fingerprint density at radius 3 is 2.68 bits per heavy atom. The first-order valence-corrected chi connectivity index (χ1v) is 7.50. The smallest absolute Gasteiger partial charge is 0.228 e. The number of benzene rings is 1. The van der Waals surface area contributed by atoms with Gasteiger partial charge < -0.3 is 10.1 Å². The molecular formula is C17H19ClN2O2. The minimum atomic E-state index is -0.302. The molecule has 0 aliphatic carbocycles. The molecule has 2 rings (SSSR count). The number of methoxy groups -OCH3 is 1. The van der Waals surface area contributed by atoms with E-state index in [4.69, 9.17) is 16.3 Å². The molecule has 1 atom stereocenters. The molecule has 5 heteroatoms. The number of hydrogen-bond acceptors (Lipinski definition) is 3. The van der Waals surface area contributed by atoms with Gasteiger partial charge in [-0.25, -0.2) is 0 Å². The fourth-order valence-electron chi connectivity index (χ4n) is 2.18. The first kappa shape index (κ1) is 16.5. The summed E-state index contributed by atoms with van der Waals surface area (Å²) in [6.07, 6.45) is 2.28. The number of ether oxygens (including phenoxy) is 1. The van der Waals surface area contributed by atoms with E-state index in [2.05, 4.69) is 10.3 Å². The molecule has 1 heterocycles. The first-order chi connectivity index (χ1) is 10.7. The topological polar surface area (TPSA) is 51.2 Å². The Hall–Kier alpha value is -1.91. The molecule has 0 aliphatic heterocycles. The van der Waals surface area contributed by atoms with Gasteiger partial charge in [0.15, 0.2) is 0 Å². The van der Waals surface area contributed by atoms with Crippen LogP contribution in [0.25, 0.3) is 0 Å². The second-order valence-corrected chi connectivity index (χ2v) is 5.35. The van der Waals surface area contributed by atoms with Crippen molar-refractivity contribution >= 4 is 17.5 Å². The standard InChI is InChI=1S/C17H19ClN2O2/c1-22-11-10-20-17(21)16(12-15-4-2-3-9-19-15)13-5-7-14(18)8-6-13/h2-9,16H,10-12H2,1H3,(H,20,21). The molecule has 0 spiro atoms. The van der Waals surface area contributed by atoms with Gasteiger partial charge in [0, 0.05) is 37.0 Å². The van der Waals surface area contributed by atoms with Crippen LogP contribution in [0.4, 0.5) is 0 Å². The van der Waals surface area contributed by atoms with Crippen LogP contribution in [0.1, 0.15) is 17.2 Å². The normalized spacial score (nSPS) is 11.9. The van der Waals surface area contributed by atoms with Gasteiger partial charge in [-0.1, -0.05) is 29.8 Å². The van der Waals surface area contributed by atoms with Crippen LogP contribution in [0, 0.1) is 0 Å². The van der Waals surface area contributed by atoms with Crippen LogP contribution >= 0.6 is 11.6 Å². The molecule has 4 nitrogen and oxygen atoms in total. The second-order valence-electron chi connectivity index (χ2n) is 4.91. The molecule has 1 N–H and O–H groups in total. The van der Waals surface area contributed by atoms with Gasteiger partial charge in [-0.2, -0.15) is 0 Å². The highest BCUT2D eigenvalue weighted by Crippen LogP contribution is 2.22. The van der Waals surface area contributed by atoms with Crippen molar-refractivity contribution in [1.82, 2.24) is 10.3 Å². The second kappa shape index (κ2) is 8.51. The minimum absolute atomic E-state index is 0.0370. The van der Waals surface area contributed by atoms with Crippen molar-refractivity contribution in [1.29, 1.82) is 0 Å². The SMILES string of the molecule is COCCNC(=O)C(Cc1ccccn1)c1ccc(Cl)cc1. The van der Waals surface area contributed by atoms with E-state index in [1.165, 1.54) is 0 Å². The summed E-state index contributed by atoms with van der Waals surface area (Å²) in [5.41, 5.74) is 1.80. The lowest BCUT2D eigenvalue weighted by Crippen LogP contribution is -2.33. The lowest BCUT2D eigenvalue weighted by atomic mass is 9.93. The van der Waals surface area contributed by atoms with Crippen LogP contribution in [0.3, 0.4) is 0 Å². The Bertz CT molecular complexity index is 587. The molecule has 0 saturated carbocycles. The fourth-order valence-corrected chi connectivity index (χ4v) is 2.31. The zero-order valence-electron chi connectivity index (χ0n) is 12.5. The highest BCUT2D eigenvalue weighted by molar-refractivity contribution is 6.30. The zero-order valence-corrected chi connectivity index (χ0v) is 13.2. The summed E-state index contributed by atoms with van der Waals surface area (Å²) in [5, 5.41) is 3.55. The van der Waals surface area contributed by atoms with E-state index < -0.39 is 0 Å². The van der Waals surface area contributed by atoms with Crippen molar-refractivity contribution in [3.8, 4) is 0 Å². The van der Waals surface area contributed by atoms with E-state index in [0.29, 0.717) is 24.6 Å².